The van der Waals surface area contributed by atoms with Gasteiger partial charge >= 0.3 is 30.2 Å². The number of carbonyl (C=O) groups is 12. The van der Waals surface area contributed by atoms with Crippen LogP contribution in [0.15, 0.2) is 22.8 Å². The molecule has 6 aliphatic rings. The fraction of sp³-hybridized carbons (Fsp3) is 0.754. The topological polar surface area (TPSA) is 367 Å². The molecule has 1 aromatic heterocycles. The predicted molar refractivity (Wildman–Crippen MR) is 331 cm³/mol. The zero-order chi connectivity index (χ0) is 70.3. The molecule has 4 saturated carbocycles. The number of halogens is 3. The minimum atomic E-state index is -4.67. The molecule has 7 rings (SSSR count). The predicted octanol–water partition coefficient (Wildman–Crippen LogP) is 5.38. The molecule has 0 aromatic carbocycles. The molecule has 4 aliphatic carbocycles. The van der Waals surface area contributed by atoms with E-state index in [2.05, 4.69) is 31.9 Å². The van der Waals surface area contributed by atoms with Crippen molar-refractivity contribution in [3.05, 3.63) is 24.2 Å². The Hall–Kier alpha value is -7.29. The SMILES string of the molecule is CC(C)(C)OC(=O)[C@@H](NC(=O)N[C@H](C(=O)N1C[C@H]2[C@@H]([C@H]1C(=O)NC(CCC(F)(F)F)C(=O)C(N)=O)C2(C)C)C(C)(C)C)C(C)(C)C.CC(C)(C)[C@H](NC(=O)NC1(C(=O)OCc2ccco2)CCCCC1)C(=O)N1C[C@H]2[C@@H]([C@H]1C(=O)NC(CC1CC1)C(=O)C(N)=O)C2(C)C. The normalized spacial score (nSPS) is 24.2. The minimum Gasteiger partial charge on any atom is -0.466 e. The molecule has 10 amide bonds. The average Bonchev–Trinajstić information content (AvgIpc) is 1.53. The van der Waals surface area contributed by atoms with Gasteiger partial charge in [-0.1, -0.05) is 122 Å². The number of furan rings is 1. The average molecular weight is 1320 g/mol. The summed E-state index contributed by atoms with van der Waals surface area (Å²) in [6.45, 7) is 29.0. The molecule has 11 atom stereocenters. The molecule has 3 heterocycles. The van der Waals surface area contributed by atoms with E-state index in [1.54, 1.807) is 74.4 Å². The van der Waals surface area contributed by atoms with Crippen molar-refractivity contribution in [3.8, 4) is 0 Å². The van der Waals surface area contributed by atoms with Crippen molar-refractivity contribution >= 4 is 71.0 Å². The molecular weight excluding hydrogens is 1220 g/mol. The zero-order valence-corrected chi connectivity index (χ0v) is 56.7. The lowest BCUT2D eigenvalue weighted by Gasteiger charge is -2.39. The molecule has 2 saturated heterocycles. The van der Waals surface area contributed by atoms with Crippen molar-refractivity contribution in [1.82, 2.24) is 41.7 Å². The number of nitrogens with one attached hydrogen (secondary N) is 6. The summed E-state index contributed by atoms with van der Waals surface area (Å²) in [4.78, 5) is 160. The number of amides is 10. The molecule has 2 aliphatic heterocycles. The van der Waals surface area contributed by atoms with Gasteiger partial charge in [-0.15, -0.1) is 0 Å². The lowest BCUT2D eigenvalue weighted by atomic mass is 9.81. The fourth-order valence-electron chi connectivity index (χ4n) is 13.5. The van der Waals surface area contributed by atoms with Crippen LogP contribution in [0.5, 0.6) is 0 Å². The van der Waals surface area contributed by atoms with Crippen LogP contribution in [0.2, 0.25) is 0 Å². The second-order valence-corrected chi connectivity index (χ2v) is 31.6. The number of hydrogen-bond donors (Lipinski definition) is 8. The van der Waals surface area contributed by atoms with Gasteiger partial charge in [0.05, 0.1) is 18.3 Å². The molecule has 1 aromatic rings. The van der Waals surface area contributed by atoms with Crippen LogP contribution in [0.3, 0.4) is 0 Å². The third kappa shape index (κ3) is 18.3. The van der Waals surface area contributed by atoms with Gasteiger partial charge in [0.2, 0.25) is 35.2 Å². The van der Waals surface area contributed by atoms with Gasteiger partial charge in [0.1, 0.15) is 53.7 Å². The van der Waals surface area contributed by atoms with E-state index >= 15 is 0 Å². The first-order chi connectivity index (χ1) is 42.5. The molecule has 0 bridgehead atoms. The number of ether oxygens (including phenoxy) is 2. The number of urea groups is 2. The zero-order valence-electron chi connectivity index (χ0n) is 56.7. The number of alkyl halides is 3. The van der Waals surface area contributed by atoms with Crippen molar-refractivity contribution in [2.24, 2.45) is 68.1 Å². The van der Waals surface area contributed by atoms with E-state index in [0.717, 1.165) is 32.1 Å². The molecule has 520 valence electrons. The van der Waals surface area contributed by atoms with Gasteiger partial charge in [0.25, 0.3) is 11.8 Å². The third-order valence-corrected chi connectivity index (χ3v) is 19.2. The van der Waals surface area contributed by atoms with E-state index < -0.39 is 171 Å². The summed E-state index contributed by atoms with van der Waals surface area (Å²) >= 11 is 0. The van der Waals surface area contributed by atoms with Gasteiger partial charge < -0.3 is 67.1 Å². The maximum atomic E-state index is 14.3. The number of hydrogen-bond acceptors (Lipinski definition) is 15. The fourth-order valence-corrected chi connectivity index (χ4v) is 13.5. The largest absolute Gasteiger partial charge is 0.466 e. The Morgan fingerprint density at radius 2 is 1.06 bits per heavy atom. The van der Waals surface area contributed by atoms with Crippen molar-refractivity contribution in [2.75, 3.05) is 13.1 Å². The second-order valence-electron chi connectivity index (χ2n) is 31.6. The second kappa shape index (κ2) is 27.6. The maximum Gasteiger partial charge on any atom is 0.389 e. The number of carbonyl (C=O) groups excluding carboxylic acids is 12. The molecular formula is C65H99F3N10O15. The lowest BCUT2D eigenvalue weighted by molar-refractivity contribution is -0.160. The van der Waals surface area contributed by atoms with Crippen LogP contribution in [0.1, 0.15) is 181 Å². The van der Waals surface area contributed by atoms with Gasteiger partial charge in [0.15, 0.2) is 0 Å². The number of esters is 2. The number of piperidine rings is 2. The Morgan fingerprint density at radius 3 is 1.47 bits per heavy atom. The van der Waals surface area contributed by atoms with Gasteiger partial charge in [0, 0.05) is 19.5 Å². The minimum absolute atomic E-state index is 0.0554. The number of rotatable bonds is 22. The van der Waals surface area contributed by atoms with Crippen LogP contribution in [0.25, 0.3) is 0 Å². The summed E-state index contributed by atoms with van der Waals surface area (Å²) in [7, 11) is 0. The third-order valence-electron chi connectivity index (χ3n) is 19.2. The molecule has 28 heteroatoms. The summed E-state index contributed by atoms with van der Waals surface area (Å²) < 4.78 is 55.2. The number of Topliss-reactive ketones (excluding diaryl/α,β-unsaturated/α-hetero) is 2. The van der Waals surface area contributed by atoms with E-state index in [0.29, 0.717) is 31.6 Å². The summed E-state index contributed by atoms with van der Waals surface area (Å²) in [5.41, 5.74) is 5.22. The van der Waals surface area contributed by atoms with Crippen molar-refractivity contribution in [3.63, 3.8) is 0 Å². The summed E-state index contributed by atoms with van der Waals surface area (Å²) in [6.07, 6.45) is -0.242. The van der Waals surface area contributed by atoms with E-state index in [1.165, 1.54) is 16.1 Å². The number of likely N-dealkylation sites (tertiary alicyclic amines) is 2. The van der Waals surface area contributed by atoms with Gasteiger partial charge in [-0.25, -0.2) is 19.2 Å². The number of primary amides is 2. The van der Waals surface area contributed by atoms with Crippen LogP contribution in [0.4, 0.5) is 22.8 Å². The Bertz CT molecular complexity index is 3020. The first-order valence-corrected chi connectivity index (χ1v) is 32.1. The van der Waals surface area contributed by atoms with Crippen LogP contribution < -0.4 is 43.4 Å². The Balaban J connectivity index is 0.000000295. The quantitative estimate of drug-likeness (QED) is 0.0533. The van der Waals surface area contributed by atoms with Crippen molar-refractivity contribution in [1.29, 1.82) is 0 Å². The highest BCUT2D eigenvalue weighted by molar-refractivity contribution is 6.38. The monoisotopic (exact) mass is 1320 g/mol. The van der Waals surface area contributed by atoms with Crippen LogP contribution in [-0.2, 0) is 64.0 Å². The summed E-state index contributed by atoms with van der Waals surface area (Å²) in [6, 6.07) is -6.44. The summed E-state index contributed by atoms with van der Waals surface area (Å²) in [5, 5.41) is 16.0. The molecule has 6 fully saturated rings. The van der Waals surface area contributed by atoms with Gasteiger partial charge in [-0.05, 0) is 115 Å². The molecule has 0 spiro atoms. The first kappa shape index (κ1) is 74.7. The number of fused-ring (bicyclic) bond motifs is 2. The van der Waals surface area contributed by atoms with E-state index in [4.69, 9.17) is 25.4 Å². The molecule has 2 unspecified atom stereocenters. The van der Waals surface area contributed by atoms with E-state index in [9.17, 15) is 70.7 Å². The summed E-state index contributed by atoms with van der Waals surface area (Å²) in [5.74, 6) is -8.46. The van der Waals surface area contributed by atoms with Crippen LogP contribution in [-0.4, -0.2) is 154 Å². The number of nitrogens with two attached hydrogens (primary N) is 2. The molecule has 25 nitrogen and oxygen atoms in total. The Kier molecular flexibility index (Phi) is 22.2. The first-order valence-electron chi connectivity index (χ1n) is 32.1. The Morgan fingerprint density at radius 1 is 0.624 bits per heavy atom. The van der Waals surface area contributed by atoms with Crippen LogP contribution in [0, 0.1) is 56.7 Å². The maximum absolute atomic E-state index is 14.3. The smallest absolute Gasteiger partial charge is 0.389 e. The number of ketones is 2. The number of nitrogens with zero attached hydrogens (tertiary/aromatic N) is 2. The highest BCUT2D eigenvalue weighted by Gasteiger charge is 2.71. The molecule has 10 N–H and O–H groups in total. The standard InChI is InChI=1S/C34H49N5O8.C31H50F3N5O7/c1-32(2,3)26(37-31(45)38-34(13-7-6-8-14-34)30(44)47-18-20-10-9-15-46-20)29(43)39-17-21-23(33(21,4)5)24(39)28(42)36-22(16-19-11-12-19)25(40)27(35)41;1-27(2,3)20(37-26(45)38-21(28(4,5)6)25(44)46-29(7,8)9)24(43)39-14-15-17(30(15,10)11)18(39)23(42)36-16(19(40)22(35)41)12-13-31(32,33)34/h9-10,15,19,21-24,26H,6-8,11-14,16-18H2,1-5H3,(H2,35,41)(H,36,42)(H2,37,38,45);15-18,20-21H,12-14H2,1-11H3,(H2,35,41)(H,36,42)(H2,37,38,45)/t21-,22?,23-,24-,26+;15-,16?,17-,18-,20+,21+/m00/s1. The van der Waals surface area contributed by atoms with E-state index in [-0.39, 0.29) is 42.2 Å². The van der Waals surface area contributed by atoms with Crippen molar-refractivity contribution in [2.45, 2.75) is 241 Å². The highest BCUT2D eigenvalue weighted by atomic mass is 19.4. The molecule has 93 heavy (non-hydrogen) atoms. The molecule has 0 radical (unpaired) electrons. The Labute approximate surface area is 542 Å². The van der Waals surface area contributed by atoms with Crippen molar-refractivity contribution < 1.29 is 84.6 Å². The van der Waals surface area contributed by atoms with Crippen LogP contribution >= 0.6 is 0 Å². The highest BCUT2D eigenvalue weighted by Crippen LogP contribution is 2.66. The van der Waals surface area contributed by atoms with E-state index in [1.807, 2.05) is 48.5 Å². The lowest BCUT2D eigenvalue weighted by Crippen LogP contribution is -2.64. The van der Waals surface area contributed by atoms with Gasteiger partial charge in [-0.2, -0.15) is 13.2 Å². The van der Waals surface area contributed by atoms with Gasteiger partial charge in [-0.3, -0.25) is 38.4 Å².